The molecule has 0 fully saturated rings. The second-order valence-corrected chi connectivity index (χ2v) is 7.04. The van der Waals surface area contributed by atoms with Gasteiger partial charge in [-0.05, 0) is 28.1 Å². The van der Waals surface area contributed by atoms with Gasteiger partial charge in [-0.2, -0.15) is 8.78 Å². The van der Waals surface area contributed by atoms with Gasteiger partial charge in [-0.1, -0.05) is 27.5 Å². The van der Waals surface area contributed by atoms with E-state index in [0.29, 0.717) is 25.6 Å². The summed E-state index contributed by atoms with van der Waals surface area (Å²) in [6.07, 6.45) is 1.63. The van der Waals surface area contributed by atoms with E-state index in [9.17, 15) is 8.78 Å². The van der Waals surface area contributed by atoms with Gasteiger partial charge < -0.3 is 10.1 Å². The second-order valence-electron chi connectivity index (χ2n) is 3.57. The molecule has 0 atom stereocenters. The third-order valence-corrected chi connectivity index (χ3v) is 4.40. The second kappa shape index (κ2) is 7.02. The zero-order chi connectivity index (χ0) is 14.7. The standard InChI is InChI=1S/C11H7Br2ClF2N2OS/c12-5-1-7(13)9(8(2-5)19-11(15)16)17-3-6-4-18-10(14)20-6/h1-2,4,11,17H,3H2. The zero-order valence-corrected chi connectivity index (χ0v) is 14.4. The number of thiazole rings is 1. The molecule has 0 saturated carbocycles. The van der Waals surface area contributed by atoms with Crippen LogP contribution in [0.5, 0.6) is 5.75 Å². The van der Waals surface area contributed by atoms with Gasteiger partial charge in [0.25, 0.3) is 0 Å². The van der Waals surface area contributed by atoms with Crippen LogP contribution >= 0.6 is 54.8 Å². The number of nitrogens with zero attached hydrogens (tertiary/aromatic N) is 1. The summed E-state index contributed by atoms with van der Waals surface area (Å²) >= 11 is 13.6. The Morgan fingerprint density at radius 1 is 1.40 bits per heavy atom. The molecule has 2 rings (SSSR count). The molecule has 2 aromatic rings. The van der Waals surface area contributed by atoms with E-state index in [1.165, 1.54) is 17.4 Å². The van der Waals surface area contributed by atoms with Crippen molar-refractivity contribution in [1.29, 1.82) is 0 Å². The van der Waals surface area contributed by atoms with Crippen molar-refractivity contribution >= 4 is 60.5 Å². The number of rotatable bonds is 5. The van der Waals surface area contributed by atoms with Crippen LogP contribution in [0.25, 0.3) is 0 Å². The minimum atomic E-state index is -2.89. The highest BCUT2D eigenvalue weighted by Gasteiger charge is 2.14. The molecule has 108 valence electrons. The number of ether oxygens (including phenoxy) is 1. The number of aromatic nitrogens is 1. The molecule has 9 heteroatoms. The first-order valence-corrected chi connectivity index (χ1v) is 8.01. The average molecular weight is 449 g/mol. The summed E-state index contributed by atoms with van der Waals surface area (Å²) in [4.78, 5) is 4.79. The molecule has 1 aromatic carbocycles. The van der Waals surface area contributed by atoms with Gasteiger partial charge in [0.15, 0.2) is 10.2 Å². The van der Waals surface area contributed by atoms with Gasteiger partial charge in [-0.25, -0.2) is 4.98 Å². The van der Waals surface area contributed by atoms with Crippen LogP contribution in [0.3, 0.4) is 0 Å². The molecular formula is C11H7Br2ClF2N2OS. The lowest BCUT2D eigenvalue weighted by atomic mass is 10.3. The molecule has 0 aliphatic rings. The molecule has 0 aliphatic heterocycles. The SMILES string of the molecule is FC(F)Oc1cc(Br)cc(Br)c1NCc1cnc(Cl)s1. The number of alkyl halides is 2. The molecule has 0 bridgehead atoms. The first kappa shape index (κ1) is 15.9. The molecular weight excluding hydrogens is 441 g/mol. The highest BCUT2D eigenvalue weighted by atomic mass is 79.9. The van der Waals surface area contributed by atoms with Crippen molar-refractivity contribution in [3.8, 4) is 5.75 Å². The Morgan fingerprint density at radius 2 is 2.15 bits per heavy atom. The Bertz CT molecular complexity index is 612. The molecule has 20 heavy (non-hydrogen) atoms. The van der Waals surface area contributed by atoms with Crippen molar-refractivity contribution in [3.63, 3.8) is 0 Å². The Balaban J connectivity index is 2.20. The number of halogens is 5. The highest BCUT2D eigenvalue weighted by Crippen LogP contribution is 2.37. The van der Waals surface area contributed by atoms with Crippen molar-refractivity contribution in [2.75, 3.05) is 5.32 Å². The maximum atomic E-state index is 12.4. The van der Waals surface area contributed by atoms with Gasteiger partial charge in [-0.15, -0.1) is 11.3 Å². The van der Waals surface area contributed by atoms with Crippen molar-refractivity contribution in [1.82, 2.24) is 4.98 Å². The topological polar surface area (TPSA) is 34.1 Å². The van der Waals surface area contributed by atoms with E-state index in [0.717, 1.165) is 4.88 Å². The molecule has 3 nitrogen and oxygen atoms in total. The Kier molecular flexibility index (Phi) is 5.59. The molecule has 0 amide bonds. The minimum absolute atomic E-state index is 0.0527. The summed E-state index contributed by atoms with van der Waals surface area (Å²) < 4.78 is 31.0. The van der Waals surface area contributed by atoms with E-state index in [2.05, 4.69) is 46.9 Å². The van der Waals surface area contributed by atoms with E-state index in [1.54, 1.807) is 12.3 Å². The summed E-state index contributed by atoms with van der Waals surface area (Å²) in [5, 5.41) is 3.03. The molecule has 0 aliphatic carbocycles. The summed E-state index contributed by atoms with van der Waals surface area (Å²) in [5.74, 6) is 0.0527. The fourth-order valence-electron chi connectivity index (χ4n) is 1.45. The first-order valence-electron chi connectivity index (χ1n) is 5.23. The quantitative estimate of drug-likeness (QED) is 0.653. The molecule has 0 saturated heterocycles. The third-order valence-electron chi connectivity index (χ3n) is 2.20. The Labute approximate surface area is 139 Å². The normalized spacial score (nSPS) is 10.9. The fourth-order valence-corrected chi connectivity index (χ4v) is 3.70. The number of hydrogen-bond acceptors (Lipinski definition) is 4. The van der Waals surface area contributed by atoms with E-state index in [1.807, 2.05) is 0 Å². The number of nitrogens with one attached hydrogen (secondary N) is 1. The molecule has 1 aromatic heterocycles. The van der Waals surface area contributed by atoms with Crippen molar-refractivity contribution in [2.24, 2.45) is 0 Å². The van der Waals surface area contributed by atoms with Gasteiger partial charge in [0, 0.05) is 20.0 Å². The smallest absolute Gasteiger partial charge is 0.387 e. The fraction of sp³-hybridized carbons (Fsp3) is 0.182. The maximum absolute atomic E-state index is 12.4. The molecule has 1 heterocycles. The van der Waals surface area contributed by atoms with Gasteiger partial charge in [0.2, 0.25) is 0 Å². The predicted octanol–water partition coefficient (Wildman–Crippen LogP) is 5.54. The molecule has 0 radical (unpaired) electrons. The monoisotopic (exact) mass is 446 g/mol. The van der Waals surface area contributed by atoms with Gasteiger partial charge in [0.05, 0.1) is 12.2 Å². The van der Waals surface area contributed by atoms with Crippen LogP contribution < -0.4 is 10.1 Å². The predicted molar refractivity (Wildman–Crippen MR) is 82.9 cm³/mol. The van der Waals surface area contributed by atoms with Crippen molar-refractivity contribution < 1.29 is 13.5 Å². The van der Waals surface area contributed by atoms with Crippen molar-refractivity contribution in [2.45, 2.75) is 13.2 Å². The van der Waals surface area contributed by atoms with E-state index in [-0.39, 0.29) is 5.75 Å². The van der Waals surface area contributed by atoms with Crippen LogP contribution in [-0.2, 0) is 6.54 Å². The van der Waals surface area contributed by atoms with Gasteiger partial charge in [0.1, 0.15) is 0 Å². The lowest BCUT2D eigenvalue weighted by molar-refractivity contribution is -0.0494. The maximum Gasteiger partial charge on any atom is 0.387 e. The number of hydrogen-bond donors (Lipinski definition) is 1. The number of benzene rings is 1. The zero-order valence-electron chi connectivity index (χ0n) is 9.67. The summed E-state index contributed by atoms with van der Waals surface area (Å²) in [7, 11) is 0. The lowest BCUT2D eigenvalue weighted by Gasteiger charge is -2.14. The van der Waals surface area contributed by atoms with Crippen LogP contribution in [0.4, 0.5) is 14.5 Å². The molecule has 0 unspecified atom stereocenters. The Hall–Kier alpha value is -0.440. The average Bonchev–Trinajstić information content (AvgIpc) is 2.73. The van der Waals surface area contributed by atoms with E-state index < -0.39 is 6.61 Å². The van der Waals surface area contributed by atoms with Gasteiger partial charge >= 0.3 is 6.61 Å². The van der Waals surface area contributed by atoms with Crippen LogP contribution in [0.1, 0.15) is 4.88 Å². The third kappa shape index (κ3) is 4.28. The molecule has 1 N–H and O–H groups in total. The summed E-state index contributed by atoms with van der Waals surface area (Å²) in [6.45, 7) is -2.49. The summed E-state index contributed by atoms with van der Waals surface area (Å²) in [6, 6.07) is 3.21. The van der Waals surface area contributed by atoms with Gasteiger partial charge in [-0.3, -0.25) is 0 Å². The van der Waals surface area contributed by atoms with E-state index in [4.69, 9.17) is 11.6 Å². The van der Waals surface area contributed by atoms with Crippen LogP contribution in [0.15, 0.2) is 27.3 Å². The van der Waals surface area contributed by atoms with Crippen LogP contribution in [-0.4, -0.2) is 11.6 Å². The van der Waals surface area contributed by atoms with Crippen LogP contribution in [0, 0.1) is 0 Å². The first-order chi connectivity index (χ1) is 9.45. The Morgan fingerprint density at radius 3 is 2.75 bits per heavy atom. The minimum Gasteiger partial charge on any atom is -0.433 e. The molecule has 0 spiro atoms. The number of anilines is 1. The summed E-state index contributed by atoms with van der Waals surface area (Å²) in [5.41, 5.74) is 0.443. The van der Waals surface area contributed by atoms with Crippen molar-refractivity contribution in [3.05, 3.63) is 36.6 Å². The largest absolute Gasteiger partial charge is 0.433 e. The highest BCUT2D eigenvalue weighted by molar-refractivity contribution is 9.11. The van der Waals surface area contributed by atoms with Crippen LogP contribution in [0.2, 0.25) is 4.47 Å². The van der Waals surface area contributed by atoms with E-state index >= 15 is 0 Å². The lowest BCUT2D eigenvalue weighted by Crippen LogP contribution is -2.07.